The molecule has 2 heterocycles. The van der Waals surface area contributed by atoms with Gasteiger partial charge in [0.1, 0.15) is 0 Å². The highest BCUT2D eigenvalue weighted by molar-refractivity contribution is 5.86. The Morgan fingerprint density at radius 2 is 2.09 bits per heavy atom. The van der Waals surface area contributed by atoms with Gasteiger partial charge in [0.05, 0.1) is 0 Å². The van der Waals surface area contributed by atoms with E-state index >= 15 is 0 Å². The molecule has 2 aromatic heterocycles. The number of carbonyl (C=O) groups is 1. The van der Waals surface area contributed by atoms with Crippen molar-refractivity contribution >= 4 is 11.6 Å². The molecule has 0 bridgehead atoms. The first kappa shape index (κ1) is 15.0. The lowest BCUT2D eigenvalue weighted by Crippen LogP contribution is -2.07. The summed E-state index contributed by atoms with van der Waals surface area (Å²) in [6, 6.07) is 3.65. The maximum absolute atomic E-state index is 11.1. The Hall–Kier alpha value is -1.91. The maximum Gasteiger partial charge on any atom is 0.356 e. The molecule has 2 aromatic rings. The maximum atomic E-state index is 11.1. The third kappa shape index (κ3) is 2.98. The number of hydrogen-bond acceptors (Lipinski definition) is 3. The molecule has 0 saturated heterocycles. The van der Waals surface area contributed by atoms with E-state index < -0.39 is 5.97 Å². The number of carboxylic acids is 1. The minimum atomic E-state index is -1.01. The van der Waals surface area contributed by atoms with Crippen molar-refractivity contribution in [3.63, 3.8) is 0 Å². The van der Waals surface area contributed by atoms with Crippen LogP contribution in [0.4, 0.5) is 0 Å². The van der Waals surface area contributed by atoms with E-state index in [-0.39, 0.29) is 11.6 Å². The highest BCUT2D eigenvalue weighted by Crippen LogP contribution is 2.29. The number of hydrogen-bond donors (Lipinski definition) is 1. The van der Waals surface area contributed by atoms with Crippen LogP contribution in [0.3, 0.4) is 0 Å². The molecule has 0 spiro atoms. The molecule has 0 aromatic carbocycles. The van der Waals surface area contributed by atoms with Crippen LogP contribution >= 0.6 is 0 Å². The Balaban J connectivity index is 1.91. The van der Waals surface area contributed by atoms with Gasteiger partial charge in [-0.1, -0.05) is 39.5 Å². The highest BCUT2D eigenvalue weighted by atomic mass is 16.4. The van der Waals surface area contributed by atoms with Gasteiger partial charge in [-0.2, -0.15) is 5.10 Å². The fourth-order valence-electron chi connectivity index (χ4n) is 3.35. The predicted octanol–water partition coefficient (Wildman–Crippen LogP) is 3.67. The minimum absolute atomic E-state index is 0.0577. The van der Waals surface area contributed by atoms with Crippen molar-refractivity contribution in [3.05, 3.63) is 29.2 Å². The van der Waals surface area contributed by atoms with Crippen molar-refractivity contribution in [1.82, 2.24) is 14.6 Å². The largest absolute Gasteiger partial charge is 0.476 e. The van der Waals surface area contributed by atoms with Crippen molar-refractivity contribution in [2.75, 3.05) is 0 Å². The van der Waals surface area contributed by atoms with Crippen LogP contribution in [0.15, 0.2) is 12.1 Å². The van der Waals surface area contributed by atoms with Crippen molar-refractivity contribution in [2.45, 2.75) is 58.3 Å². The van der Waals surface area contributed by atoms with Crippen LogP contribution in [0.1, 0.15) is 73.7 Å². The van der Waals surface area contributed by atoms with E-state index in [1.807, 2.05) is 0 Å². The van der Waals surface area contributed by atoms with Gasteiger partial charge in [-0.05, 0) is 30.7 Å². The molecule has 0 atom stereocenters. The molecule has 3 rings (SSSR count). The number of fused-ring (bicyclic) bond motifs is 1. The summed E-state index contributed by atoms with van der Waals surface area (Å²) in [7, 11) is 0. The fourth-order valence-corrected chi connectivity index (χ4v) is 3.35. The fraction of sp³-hybridized carbons (Fsp3) is 0.588. The van der Waals surface area contributed by atoms with Crippen molar-refractivity contribution < 1.29 is 9.90 Å². The molecule has 0 aliphatic heterocycles. The molecule has 22 heavy (non-hydrogen) atoms. The monoisotopic (exact) mass is 301 g/mol. The third-order valence-corrected chi connectivity index (χ3v) is 4.60. The first-order chi connectivity index (χ1) is 10.5. The first-order valence-corrected chi connectivity index (χ1v) is 8.17. The van der Waals surface area contributed by atoms with Crippen LogP contribution in [0.5, 0.6) is 0 Å². The quantitative estimate of drug-likeness (QED) is 0.915. The second kappa shape index (κ2) is 6.07. The second-order valence-electron chi connectivity index (χ2n) is 6.62. The van der Waals surface area contributed by atoms with E-state index in [0.717, 1.165) is 23.7 Å². The van der Waals surface area contributed by atoms with Crippen molar-refractivity contribution in [1.29, 1.82) is 0 Å². The molecule has 1 N–H and O–H groups in total. The molecule has 0 radical (unpaired) electrons. The van der Waals surface area contributed by atoms with E-state index in [9.17, 15) is 4.79 Å². The van der Waals surface area contributed by atoms with E-state index in [2.05, 4.69) is 30.0 Å². The predicted molar refractivity (Wildman–Crippen MR) is 84.3 cm³/mol. The van der Waals surface area contributed by atoms with Crippen LogP contribution in [0.25, 0.3) is 5.65 Å². The average Bonchev–Trinajstić information content (AvgIpc) is 3.13. The van der Waals surface area contributed by atoms with Gasteiger partial charge in [-0.3, -0.25) is 0 Å². The summed E-state index contributed by atoms with van der Waals surface area (Å²) in [4.78, 5) is 15.8. The Morgan fingerprint density at radius 1 is 1.36 bits per heavy atom. The molecule has 1 saturated carbocycles. The summed E-state index contributed by atoms with van der Waals surface area (Å²) >= 11 is 0. The summed E-state index contributed by atoms with van der Waals surface area (Å²) < 4.78 is 1.67. The lowest BCUT2D eigenvalue weighted by atomic mass is 9.99. The Morgan fingerprint density at radius 3 is 2.73 bits per heavy atom. The molecule has 0 unspecified atom stereocenters. The molecule has 5 heteroatoms. The number of carboxylic acid groups (broad SMARTS) is 1. The number of aromatic nitrogens is 3. The zero-order valence-electron chi connectivity index (χ0n) is 13.2. The van der Waals surface area contributed by atoms with E-state index in [4.69, 9.17) is 5.11 Å². The van der Waals surface area contributed by atoms with Gasteiger partial charge in [0.15, 0.2) is 11.3 Å². The smallest absolute Gasteiger partial charge is 0.356 e. The molecular formula is C17H23N3O2. The van der Waals surface area contributed by atoms with Crippen molar-refractivity contribution in [2.24, 2.45) is 5.92 Å². The van der Waals surface area contributed by atoms with Crippen LogP contribution in [-0.2, 0) is 6.42 Å². The number of aromatic carboxylic acids is 1. The van der Waals surface area contributed by atoms with Crippen LogP contribution < -0.4 is 0 Å². The summed E-state index contributed by atoms with van der Waals surface area (Å²) in [6.45, 7) is 4.19. The van der Waals surface area contributed by atoms with Gasteiger partial charge in [0.25, 0.3) is 0 Å². The number of aryl methyl sites for hydroxylation is 1. The van der Waals surface area contributed by atoms with Gasteiger partial charge >= 0.3 is 5.97 Å². The van der Waals surface area contributed by atoms with E-state index in [0.29, 0.717) is 5.65 Å². The molecule has 0 amide bonds. The first-order valence-electron chi connectivity index (χ1n) is 8.17. The molecule has 1 aliphatic rings. The molecule has 1 fully saturated rings. The number of rotatable bonds is 5. The topological polar surface area (TPSA) is 67.5 Å². The summed E-state index contributed by atoms with van der Waals surface area (Å²) in [5.74, 6) is 0.102. The van der Waals surface area contributed by atoms with E-state index in [1.165, 1.54) is 32.1 Å². The second-order valence-corrected chi connectivity index (χ2v) is 6.62. The normalized spacial score (nSPS) is 16.0. The Bertz CT molecular complexity index is 685. The summed E-state index contributed by atoms with van der Waals surface area (Å²) in [6.07, 6.45) is 7.55. The van der Waals surface area contributed by atoms with Crippen molar-refractivity contribution in [3.8, 4) is 0 Å². The van der Waals surface area contributed by atoms with E-state index in [1.54, 1.807) is 10.6 Å². The summed E-state index contributed by atoms with van der Waals surface area (Å²) in [5.41, 5.74) is 2.78. The molecular weight excluding hydrogens is 278 g/mol. The number of nitrogens with zero attached hydrogens (tertiary/aromatic N) is 3. The lowest BCUT2D eigenvalue weighted by molar-refractivity contribution is 0.0690. The van der Waals surface area contributed by atoms with Gasteiger partial charge in [-0.25, -0.2) is 14.3 Å². The zero-order chi connectivity index (χ0) is 15.7. The van der Waals surface area contributed by atoms with Crippen LogP contribution in [0, 0.1) is 5.92 Å². The summed E-state index contributed by atoms with van der Waals surface area (Å²) in [5, 5.41) is 13.3. The third-order valence-electron chi connectivity index (χ3n) is 4.60. The molecule has 5 nitrogen and oxygen atoms in total. The molecule has 118 valence electrons. The Labute approximate surface area is 130 Å². The van der Waals surface area contributed by atoms with Crippen LogP contribution in [0.2, 0.25) is 0 Å². The van der Waals surface area contributed by atoms with Crippen LogP contribution in [-0.4, -0.2) is 25.7 Å². The lowest BCUT2D eigenvalue weighted by Gasteiger charge is -2.12. The highest BCUT2D eigenvalue weighted by Gasteiger charge is 2.18. The van der Waals surface area contributed by atoms with Gasteiger partial charge in [0.2, 0.25) is 0 Å². The average molecular weight is 301 g/mol. The zero-order valence-corrected chi connectivity index (χ0v) is 13.2. The van der Waals surface area contributed by atoms with Gasteiger partial charge in [0, 0.05) is 17.5 Å². The van der Waals surface area contributed by atoms with Gasteiger partial charge < -0.3 is 5.11 Å². The van der Waals surface area contributed by atoms with Gasteiger partial charge in [-0.15, -0.1) is 0 Å². The standard InChI is InChI=1S/C17H23N3O2/c1-11(2)15-9-13(8-7-12-5-3-4-6-12)18-16-10-14(17(21)22)19-20(15)16/h9-12H,3-8H2,1-2H3,(H,21,22). The minimum Gasteiger partial charge on any atom is -0.476 e. The molecule has 1 aliphatic carbocycles. The SMILES string of the molecule is CC(C)c1cc(CCC2CCCC2)nc2cc(C(=O)O)nn12. The Kier molecular flexibility index (Phi) is 4.14.